The van der Waals surface area contributed by atoms with Crippen molar-refractivity contribution in [2.75, 3.05) is 19.7 Å². The van der Waals surface area contributed by atoms with Crippen LogP contribution in [0.4, 0.5) is 0 Å². The molecule has 0 aliphatic carbocycles. The highest BCUT2D eigenvalue weighted by Gasteiger charge is 2.21. The second kappa shape index (κ2) is 5.71. The van der Waals surface area contributed by atoms with Crippen LogP contribution in [0.3, 0.4) is 0 Å². The Morgan fingerprint density at radius 3 is 3.00 bits per heavy atom. The molecule has 1 aromatic heterocycles. The van der Waals surface area contributed by atoms with Crippen LogP contribution < -0.4 is 11.1 Å². The van der Waals surface area contributed by atoms with E-state index in [0.717, 1.165) is 0 Å². The van der Waals surface area contributed by atoms with Crippen molar-refractivity contribution in [3.63, 3.8) is 0 Å². The zero-order valence-corrected chi connectivity index (χ0v) is 9.63. The van der Waals surface area contributed by atoms with E-state index < -0.39 is 18.1 Å². The number of nitrogens with one attached hydrogen (secondary N) is 1. The molecule has 8 nitrogen and oxygen atoms in total. The molecule has 0 aromatic carbocycles. The summed E-state index contributed by atoms with van der Waals surface area (Å²) in [5.74, 6) is -0.456. The van der Waals surface area contributed by atoms with Crippen molar-refractivity contribution in [1.29, 1.82) is 0 Å². The Kier molecular flexibility index (Phi) is 4.55. The molecular weight excluding hydrogens is 226 g/mol. The average Bonchev–Trinajstić information content (AvgIpc) is 2.75. The van der Waals surface area contributed by atoms with Gasteiger partial charge in [-0.25, -0.2) is 0 Å². The number of carbonyl (C=O) groups excluding carboxylic acids is 1. The van der Waals surface area contributed by atoms with Gasteiger partial charge in [-0.15, -0.1) is 5.10 Å². The molecule has 8 heteroatoms. The maximum atomic E-state index is 11.6. The minimum atomic E-state index is -1.34. The maximum Gasteiger partial charge on any atom is 0.273 e. The first-order chi connectivity index (χ1) is 7.98. The molecule has 1 rings (SSSR count). The Balaban J connectivity index is 2.52. The number of aliphatic hydroxyl groups is 2. The predicted octanol–water partition coefficient (Wildman–Crippen LogP) is -2.29. The Bertz CT molecular complexity index is 376. The van der Waals surface area contributed by atoms with Crippen LogP contribution in [0, 0.1) is 0 Å². The summed E-state index contributed by atoms with van der Waals surface area (Å²) >= 11 is 0. The van der Waals surface area contributed by atoms with Crippen LogP contribution in [0.15, 0.2) is 6.20 Å². The zero-order valence-electron chi connectivity index (χ0n) is 9.63. The molecule has 0 fully saturated rings. The van der Waals surface area contributed by atoms with Gasteiger partial charge in [0.1, 0.15) is 5.60 Å². The molecule has 1 unspecified atom stereocenters. The standard InChI is InChI=1S/C9H17N5O3/c1-9(17,6-15)5-11-8(16)7-4-14(3-2-10)13-12-7/h4,15,17H,2-3,5-6,10H2,1H3,(H,11,16). The van der Waals surface area contributed by atoms with Gasteiger partial charge < -0.3 is 21.3 Å². The van der Waals surface area contributed by atoms with Crippen LogP contribution in [0.2, 0.25) is 0 Å². The Hall–Kier alpha value is -1.51. The molecule has 0 spiro atoms. The maximum absolute atomic E-state index is 11.6. The summed E-state index contributed by atoms with van der Waals surface area (Å²) in [6.07, 6.45) is 1.47. The van der Waals surface area contributed by atoms with Crippen LogP contribution in [0.5, 0.6) is 0 Å². The lowest BCUT2D eigenvalue weighted by Crippen LogP contribution is -2.43. The van der Waals surface area contributed by atoms with Gasteiger partial charge in [0.25, 0.3) is 5.91 Å². The number of hydrogen-bond donors (Lipinski definition) is 4. The minimum Gasteiger partial charge on any atom is -0.393 e. The topological polar surface area (TPSA) is 126 Å². The highest BCUT2D eigenvalue weighted by molar-refractivity contribution is 5.91. The molecule has 1 amide bonds. The second-order valence-corrected chi connectivity index (χ2v) is 3.99. The van der Waals surface area contributed by atoms with E-state index in [1.54, 1.807) is 0 Å². The summed E-state index contributed by atoms with van der Waals surface area (Å²) in [5.41, 5.74) is 4.13. The first-order valence-corrected chi connectivity index (χ1v) is 5.20. The number of rotatable bonds is 6. The Labute approximate surface area is 98.4 Å². The minimum absolute atomic E-state index is 0.0634. The highest BCUT2D eigenvalue weighted by Crippen LogP contribution is 2.00. The normalized spacial score (nSPS) is 14.4. The molecule has 0 saturated heterocycles. The van der Waals surface area contributed by atoms with Gasteiger partial charge in [0.15, 0.2) is 5.69 Å². The first kappa shape index (κ1) is 13.6. The van der Waals surface area contributed by atoms with Crippen LogP contribution in [-0.2, 0) is 6.54 Å². The molecule has 17 heavy (non-hydrogen) atoms. The second-order valence-electron chi connectivity index (χ2n) is 3.99. The van der Waals surface area contributed by atoms with E-state index in [0.29, 0.717) is 13.1 Å². The third-order valence-corrected chi connectivity index (χ3v) is 2.10. The van der Waals surface area contributed by atoms with E-state index in [2.05, 4.69) is 15.6 Å². The summed E-state index contributed by atoms with van der Waals surface area (Å²) in [7, 11) is 0. The number of aliphatic hydroxyl groups excluding tert-OH is 1. The predicted molar refractivity (Wildman–Crippen MR) is 59.1 cm³/mol. The molecule has 0 aliphatic rings. The fourth-order valence-electron chi connectivity index (χ4n) is 1.06. The van der Waals surface area contributed by atoms with Crippen LogP contribution in [-0.4, -0.2) is 56.4 Å². The van der Waals surface area contributed by atoms with Crippen LogP contribution in [0.1, 0.15) is 17.4 Å². The van der Waals surface area contributed by atoms with Crippen molar-refractivity contribution >= 4 is 5.91 Å². The Morgan fingerprint density at radius 2 is 2.41 bits per heavy atom. The van der Waals surface area contributed by atoms with Crippen LogP contribution >= 0.6 is 0 Å². The van der Waals surface area contributed by atoms with E-state index in [1.807, 2.05) is 0 Å². The fourth-order valence-corrected chi connectivity index (χ4v) is 1.06. The SMILES string of the molecule is CC(O)(CO)CNC(=O)c1cn(CCN)nn1. The van der Waals surface area contributed by atoms with Gasteiger partial charge in [-0.2, -0.15) is 0 Å². The molecule has 1 aromatic rings. The summed E-state index contributed by atoms with van der Waals surface area (Å²) < 4.78 is 1.46. The number of amides is 1. The molecule has 1 heterocycles. The van der Waals surface area contributed by atoms with Gasteiger partial charge in [0, 0.05) is 13.1 Å². The van der Waals surface area contributed by atoms with Crippen LogP contribution in [0.25, 0.3) is 0 Å². The van der Waals surface area contributed by atoms with Gasteiger partial charge in [-0.1, -0.05) is 5.21 Å². The van der Waals surface area contributed by atoms with E-state index >= 15 is 0 Å². The largest absolute Gasteiger partial charge is 0.393 e. The summed E-state index contributed by atoms with van der Waals surface area (Å²) in [6.45, 7) is 1.80. The zero-order chi connectivity index (χ0) is 12.9. The van der Waals surface area contributed by atoms with Crippen molar-refractivity contribution in [3.8, 4) is 0 Å². The number of hydrogen-bond acceptors (Lipinski definition) is 6. The van der Waals surface area contributed by atoms with Gasteiger partial charge in [-0.3, -0.25) is 9.48 Å². The number of nitrogens with zero attached hydrogens (tertiary/aromatic N) is 3. The van der Waals surface area contributed by atoms with Gasteiger partial charge in [-0.05, 0) is 6.92 Å². The Morgan fingerprint density at radius 1 is 1.71 bits per heavy atom. The lowest BCUT2D eigenvalue weighted by molar-refractivity contribution is 0.00316. The van der Waals surface area contributed by atoms with Crippen molar-refractivity contribution in [2.24, 2.45) is 5.73 Å². The summed E-state index contributed by atoms with van der Waals surface area (Å²) in [4.78, 5) is 11.6. The van der Waals surface area contributed by atoms with Crippen molar-refractivity contribution in [3.05, 3.63) is 11.9 Å². The molecule has 0 bridgehead atoms. The monoisotopic (exact) mass is 243 g/mol. The van der Waals surface area contributed by atoms with E-state index in [4.69, 9.17) is 10.8 Å². The molecular formula is C9H17N5O3. The number of aromatic nitrogens is 3. The van der Waals surface area contributed by atoms with E-state index in [-0.39, 0.29) is 12.2 Å². The van der Waals surface area contributed by atoms with Gasteiger partial charge >= 0.3 is 0 Å². The van der Waals surface area contributed by atoms with Gasteiger partial charge in [0.2, 0.25) is 0 Å². The molecule has 0 radical (unpaired) electrons. The number of carbonyl (C=O) groups is 1. The molecule has 1 atom stereocenters. The summed E-state index contributed by atoms with van der Waals surface area (Å²) in [5, 5.41) is 28.1. The van der Waals surface area contributed by atoms with Crippen molar-refractivity contribution in [1.82, 2.24) is 20.3 Å². The molecule has 96 valence electrons. The highest BCUT2D eigenvalue weighted by atomic mass is 16.3. The van der Waals surface area contributed by atoms with E-state index in [1.165, 1.54) is 17.8 Å². The third kappa shape index (κ3) is 4.10. The third-order valence-electron chi connectivity index (χ3n) is 2.10. The van der Waals surface area contributed by atoms with E-state index in [9.17, 15) is 9.90 Å². The first-order valence-electron chi connectivity index (χ1n) is 5.20. The molecule has 0 aliphatic heterocycles. The summed E-state index contributed by atoms with van der Waals surface area (Å²) in [6, 6.07) is 0. The lowest BCUT2D eigenvalue weighted by atomic mass is 10.1. The molecule has 5 N–H and O–H groups in total. The average molecular weight is 243 g/mol. The fraction of sp³-hybridized carbons (Fsp3) is 0.667. The van der Waals surface area contributed by atoms with Crippen molar-refractivity contribution < 1.29 is 15.0 Å². The van der Waals surface area contributed by atoms with Crippen molar-refractivity contribution in [2.45, 2.75) is 19.1 Å². The smallest absolute Gasteiger partial charge is 0.273 e. The molecule has 0 saturated carbocycles. The lowest BCUT2D eigenvalue weighted by Gasteiger charge is -2.19. The van der Waals surface area contributed by atoms with Gasteiger partial charge in [0.05, 0.1) is 19.3 Å². The number of nitrogens with two attached hydrogens (primary N) is 1. The quantitative estimate of drug-likeness (QED) is 0.445.